The number of aromatic amines is 2. The second-order valence-electron chi connectivity index (χ2n) is 11.7. The molecule has 2 aromatic heterocycles. The van der Waals surface area contributed by atoms with E-state index in [4.69, 9.17) is 18.9 Å². The van der Waals surface area contributed by atoms with E-state index in [0.29, 0.717) is 35.6 Å². The highest BCUT2D eigenvalue weighted by Gasteiger charge is 2.26. The van der Waals surface area contributed by atoms with Gasteiger partial charge in [-0.1, -0.05) is 26.7 Å². The molecule has 0 unspecified atom stereocenters. The lowest BCUT2D eigenvalue weighted by Gasteiger charge is -2.13. The maximum atomic E-state index is 12.9. The van der Waals surface area contributed by atoms with Crippen LogP contribution in [0.25, 0.3) is 23.5 Å². The van der Waals surface area contributed by atoms with Crippen LogP contribution in [-0.2, 0) is 51.0 Å². The third-order valence-electron chi connectivity index (χ3n) is 6.02. The van der Waals surface area contributed by atoms with Gasteiger partial charge >= 0.3 is 23.9 Å². The average Bonchev–Trinajstić information content (AvgIpc) is 3.48. The van der Waals surface area contributed by atoms with Gasteiger partial charge in [-0.15, -0.1) is 0 Å². The fourth-order valence-electron chi connectivity index (χ4n) is 4.33. The fraction of sp³-hybridized carbons (Fsp3) is 0.529. The second-order valence-corrected chi connectivity index (χ2v) is 11.7. The van der Waals surface area contributed by atoms with E-state index < -0.39 is 48.3 Å². The van der Waals surface area contributed by atoms with Gasteiger partial charge in [-0.05, 0) is 104 Å². The van der Waals surface area contributed by atoms with Gasteiger partial charge in [-0.2, -0.15) is 0 Å². The predicted molar refractivity (Wildman–Crippen MR) is 169 cm³/mol. The molecule has 0 fully saturated rings. The van der Waals surface area contributed by atoms with Crippen molar-refractivity contribution < 1.29 is 38.1 Å². The molecule has 2 N–H and O–H groups in total. The van der Waals surface area contributed by atoms with Crippen molar-refractivity contribution in [1.82, 2.24) is 9.97 Å². The van der Waals surface area contributed by atoms with Gasteiger partial charge in [0.2, 0.25) is 0 Å². The first-order chi connectivity index (χ1) is 20.7. The van der Waals surface area contributed by atoms with E-state index in [9.17, 15) is 19.2 Å². The number of ether oxygens (including phenoxy) is 4. The number of carbonyl (C=O) groups is 4. The first kappa shape index (κ1) is 36.1. The Labute approximate surface area is 260 Å². The van der Waals surface area contributed by atoms with Crippen molar-refractivity contribution >= 4 is 36.0 Å². The van der Waals surface area contributed by atoms with Crippen LogP contribution in [0.5, 0.6) is 0 Å². The van der Waals surface area contributed by atoms with E-state index in [1.165, 1.54) is 12.2 Å². The highest BCUT2D eigenvalue weighted by atomic mass is 16.6. The van der Waals surface area contributed by atoms with Crippen LogP contribution < -0.4 is 0 Å². The Morgan fingerprint density at radius 3 is 1.07 bits per heavy atom. The summed E-state index contributed by atoms with van der Waals surface area (Å²) in [7, 11) is 0. The first-order valence-corrected chi connectivity index (χ1v) is 15.4. The minimum atomic E-state index is -0.768. The Morgan fingerprint density at radius 1 is 0.568 bits per heavy atom. The molecule has 242 valence electrons. The smallest absolute Gasteiger partial charge is 0.345 e. The normalized spacial score (nSPS) is 11.1. The SMILES string of the molecule is CCCc1cc(-c2cc(CCC)c(C=C(C(=O)OC(C)C)C(=O)OC(C)C)[nH]2)[nH]c1C=C(C(=O)OC(C)C)C(=O)OC(C)C. The van der Waals surface area contributed by atoms with Gasteiger partial charge in [0.05, 0.1) is 35.8 Å². The Morgan fingerprint density at radius 2 is 0.841 bits per heavy atom. The molecule has 2 aromatic rings. The molecule has 2 rings (SSSR count). The largest absolute Gasteiger partial charge is 0.459 e. The number of aromatic nitrogens is 2. The number of carbonyl (C=O) groups excluding carboxylic acids is 4. The Hall–Kier alpha value is -4.08. The number of H-pyrrole nitrogens is 2. The summed E-state index contributed by atoms with van der Waals surface area (Å²) in [5, 5.41) is 0. The maximum Gasteiger partial charge on any atom is 0.345 e. The molecule has 0 aliphatic rings. The van der Waals surface area contributed by atoms with Crippen LogP contribution in [0.1, 0.15) is 105 Å². The zero-order chi connectivity index (χ0) is 33.1. The van der Waals surface area contributed by atoms with Crippen molar-refractivity contribution in [2.45, 2.75) is 119 Å². The third-order valence-corrected chi connectivity index (χ3v) is 6.02. The van der Waals surface area contributed by atoms with Crippen LogP contribution >= 0.6 is 0 Å². The van der Waals surface area contributed by atoms with Crippen molar-refractivity contribution in [3.63, 3.8) is 0 Å². The summed E-state index contributed by atoms with van der Waals surface area (Å²) in [5.74, 6) is -3.07. The highest BCUT2D eigenvalue weighted by molar-refractivity contribution is 6.18. The van der Waals surface area contributed by atoms with Crippen LogP contribution in [0.3, 0.4) is 0 Å². The predicted octanol–water partition coefficient (Wildman–Crippen LogP) is 6.49. The molecular weight excluding hydrogens is 564 g/mol. The fourth-order valence-corrected chi connectivity index (χ4v) is 4.33. The average molecular weight is 613 g/mol. The molecule has 10 heteroatoms. The second kappa shape index (κ2) is 16.7. The molecule has 0 aliphatic heterocycles. The number of hydrogen-bond donors (Lipinski definition) is 2. The molecule has 10 nitrogen and oxygen atoms in total. The van der Waals surface area contributed by atoms with Crippen LogP contribution in [0.15, 0.2) is 23.3 Å². The summed E-state index contributed by atoms with van der Waals surface area (Å²) >= 11 is 0. The van der Waals surface area contributed by atoms with Gasteiger partial charge in [0, 0.05) is 11.4 Å². The third kappa shape index (κ3) is 10.6. The van der Waals surface area contributed by atoms with Gasteiger partial charge in [-0.3, -0.25) is 0 Å². The molecular formula is C34H48N2O8. The summed E-state index contributed by atoms with van der Waals surface area (Å²) < 4.78 is 21.4. The van der Waals surface area contributed by atoms with Gasteiger partial charge < -0.3 is 28.9 Å². The van der Waals surface area contributed by atoms with Crippen molar-refractivity contribution in [2.24, 2.45) is 0 Å². The van der Waals surface area contributed by atoms with Gasteiger partial charge in [0.25, 0.3) is 0 Å². The molecule has 0 spiro atoms. The Bertz CT molecular complexity index is 1220. The van der Waals surface area contributed by atoms with Crippen LogP contribution in [-0.4, -0.2) is 58.3 Å². The lowest BCUT2D eigenvalue weighted by atomic mass is 10.1. The molecule has 0 saturated heterocycles. The molecule has 0 amide bonds. The number of hydrogen-bond acceptors (Lipinski definition) is 8. The van der Waals surface area contributed by atoms with Gasteiger partial charge in [-0.25, -0.2) is 19.2 Å². The molecule has 0 saturated carbocycles. The zero-order valence-electron chi connectivity index (χ0n) is 27.7. The monoisotopic (exact) mass is 612 g/mol. The van der Waals surface area contributed by atoms with E-state index in [1.807, 2.05) is 26.0 Å². The minimum Gasteiger partial charge on any atom is -0.459 e. The summed E-state index contributed by atoms with van der Waals surface area (Å²) in [4.78, 5) is 58.3. The number of rotatable bonds is 15. The molecule has 0 aromatic carbocycles. The van der Waals surface area contributed by atoms with Crippen LogP contribution in [0, 0.1) is 0 Å². The molecule has 44 heavy (non-hydrogen) atoms. The molecule has 0 radical (unpaired) electrons. The van der Waals surface area contributed by atoms with Gasteiger partial charge in [0.1, 0.15) is 11.1 Å². The van der Waals surface area contributed by atoms with Crippen molar-refractivity contribution in [3.8, 4) is 11.4 Å². The zero-order valence-corrected chi connectivity index (χ0v) is 27.7. The van der Waals surface area contributed by atoms with Crippen molar-refractivity contribution in [1.29, 1.82) is 0 Å². The summed E-state index contributed by atoms with van der Waals surface area (Å²) in [5.41, 5.74) is 3.89. The van der Waals surface area contributed by atoms with Gasteiger partial charge in [0.15, 0.2) is 0 Å². The molecule has 0 atom stereocenters. The topological polar surface area (TPSA) is 137 Å². The standard InChI is InChI=1S/C34H48N2O8/c1-11-13-23-15-29(35-27(23)17-25(31(37)41-19(3)4)32(38)42-20(5)6)30-16-24(14-12-2)28(36-30)18-26(33(39)43-21(7)8)34(40)44-22(9)10/h15-22,35-36H,11-14H2,1-10H3. The maximum absolute atomic E-state index is 12.9. The van der Waals surface area contributed by atoms with Crippen LogP contribution in [0.4, 0.5) is 0 Å². The molecule has 0 bridgehead atoms. The Balaban J connectivity index is 2.69. The summed E-state index contributed by atoms with van der Waals surface area (Å²) in [6, 6.07) is 3.90. The lowest BCUT2D eigenvalue weighted by molar-refractivity contribution is -0.152. The molecule has 0 aliphatic carbocycles. The first-order valence-electron chi connectivity index (χ1n) is 15.4. The number of esters is 4. The Kier molecular flexibility index (Phi) is 13.7. The van der Waals surface area contributed by atoms with E-state index >= 15 is 0 Å². The van der Waals surface area contributed by atoms with E-state index in [1.54, 1.807) is 55.4 Å². The van der Waals surface area contributed by atoms with Crippen LogP contribution in [0.2, 0.25) is 0 Å². The molecule has 2 heterocycles. The summed E-state index contributed by atoms with van der Waals surface area (Å²) in [6.45, 7) is 17.7. The van der Waals surface area contributed by atoms with E-state index in [0.717, 1.165) is 24.0 Å². The number of nitrogens with one attached hydrogen (secondary N) is 2. The van der Waals surface area contributed by atoms with Crippen molar-refractivity contribution in [3.05, 3.63) is 45.8 Å². The number of aryl methyl sites for hydroxylation is 2. The van der Waals surface area contributed by atoms with E-state index in [-0.39, 0.29) is 11.1 Å². The highest BCUT2D eigenvalue weighted by Crippen LogP contribution is 2.29. The minimum absolute atomic E-state index is 0.211. The van der Waals surface area contributed by atoms with Crippen molar-refractivity contribution in [2.75, 3.05) is 0 Å². The summed E-state index contributed by atoms with van der Waals surface area (Å²) in [6.07, 6.45) is 4.25. The lowest BCUT2D eigenvalue weighted by Crippen LogP contribution is -2.23. The quantitative estimate of drug-likeness (QED) is 0.0766. The van der Waals surface area contributed by atoms with E-state index in [2.05, 4.69) is 9.97 Å².